The van der Waals surface area contributed by atoms with Crippen LogP contribution in [0.1, 0.15) is 297 Å². The van der Waals surface area contributed by atoms with Gasteiger partial charge in [-0.15, -0.1) is 0 Å². The Morgan fingerprint density at radius 3 is 0.840 bits per heavy atom. The molecule has 0 aromatic heterocycles. The second-order valence-electron chi connectivity index (χ2n) is 26.2. The van der Waals surface area contributed by atoms with Crippen molar-refractivity contribution in [3.8, 4) is 0 Å². The predicted octanol–water partition coefficient (Wildman–Crippen LogP) is 23.8. The van der Waals surface area contributed by atoms with Crippen LogP contribution >= 0.6 is 15.6 Å². The third kappa shape index (κ3) is 76.6. The van der Waals surface area contributed by atoms with E-state index in [0.717, 1.165) is 180 Å². The summed E-state index contributed by atoms with van der Waals surface area (Å²) in [5, 5.41) is 10.6. The number of rotatable bonds is 74. The highest BCUT2D eigenvalue weighted by Crippen LogP contribution is 2.45. The van der Waals surface area contributed by atoms with Crippen molar-refractivity contribution in [1.82, 2.24) is 0 Å². The molecule has 0 aliphatic rings. The van der Waals surface area contributed by atoms with Crippen LogP contribution in [0.4, 0.5) is 0 Å². The zero-order chi connectivity index (χ0) is 77.4. The van der Waals surface area contributed by atoms with Crippen LogP contribution in [-0.2, 0) is 65.4 Å². The van der Waals surface area contributed by atoms with Gasteiger partial charge in [0.15, 0.2) is 12.2 Å². The van der Waals surface area contributed by atoms with E-state index in [-0.39, 0.29) is 25.7 Å². The number of ether oxygens (including phenoxy) is 4. The van der Waals surface area contributed by atoms with Gasteiger partial charge in [-0.05, 0) is 167 Å². The number of carbonyl (C=O) groups is 4. The predicted molar refractivity (Wildman–Crippen MR) is 436 cm³/mol. The van der Waals surface area contributed by atoms with Gasteiger partial charge in [-0.25, -0.2) is 9.13 Å². The first-order chi connectivity index (χ1) is 51.7. The molecule has 0 aliphatic carbocycles. The fourth-order valence-electron chi connectivity index (χ4n) is 10.0. The van der Waals surface area contributed by atoms with Gasteiger partial charge in [0, 0.05) is 25.7 Å². The van der Waals surface area contributed by atoms with Gasteiger partial charge < -0.3 is 33.8 Å². The molecule has 0 saturated heterocycles. The Kier molecular flexibility index (Phi) is 73.5. The summed E-state index contributed by atoms with van der Waals surface area (Å²) >= 11 is 0. The number of carbonyl (C=O) groups excluding carboxylic acids is 4. The number of phosphoric acid groups is 2. The smallest absolute Gasteiger partial charge is 0.462 e. The van der Waals surface area contributed by atoms with Crippen molar-refractivity contribution in [2.45, 2.75) is 316 Å². The third-order valence-corrected chi connectivity index (χ3v) is 18.0. The lowest BCUT2D eigenvalue weighted by Crippen LogP contribution is -2.30. The van der Waals surface area contributed by atoms with Gasteiger partial charge in [0.2, 0.25) is 0 Å². The zero-order valence-corrected chi connectivity index (χ0v) is 67.6. The normalized spacial score (nSPS) is 14.7. The van der Waals surface area contributed by atoms with Gasteiger partial charge in [-0.1, -0.05) is 275 Å². The molecular weight excluding hydrogens is 1380 g/mol. The second-order valence-corrected chi connectivity index (χ2v) is 29.1. The SMILES string of the molecule is CC/C=C\C/C=C\C/C=C\C/C=C\C/C=C\CCCCCC(=O)OCC(COP(=O)(O)OCC(O)COP(=O)(O)OCC(COC(=O)CCCCCCCC/C=C\C/C=C\C/C=C\CCCCC)OC(=O)CCC/C=C\C/C=C\C/C=C\C/C=C\C/C=C\CC)OC(=O)CCCCCCC/C=C\CCCC. The van der Waals surface area contributed by atoms with E-state index >= 15 is 0 Å². The van der Waals surface area contributed by atoms with Gasteiger partial charge in [0.1, 0.15) is 19.3 Å². The maximum Gasteiger partial charge on any atom is 0.472 e. The number of esters is 4. The van der Waals surface area contributed by atoms with Gasteiger partial charge in [0.25, 0.3) is 0 Å². The van der Waals surface area contributed by atoms with E-state index in [1.54, 1.807) is 0 Å². The first kappa shape index (κ1) is 100. The number of aliphatic hydroxyl groups excluding tert-OH is 1. The Hall–Kier alpha value is -5.58. The van der Waals surface area contributed by atoms with E-state index in [2.05, 4.69) is 186 Å². The fourth-order valence-corrected chi connectivity index (χ4v) is 11.6. The molecule has 0 spiro atoms. The number of hydrogen-bond donors (Lipinski definition) is 3. The Balaban J connectivity index is 5.44. The van der Waals surface area contributed by atoms with E-state index in [0.29, 0.717) is 32.1 Å². The van der Waals surface area contributed by atoms with E-state index in [9.17, 15) is 43.2 Å². The number of phosphoric ester groups is 2. The molecule has 0 heterocycles. The lowest BCUT2D eigenvalue weighted by atomic mass is 10.1. The molecule has 0 bridgehead atoms. The molecule has 5 atom stereocenters. The highest BCUT2D eigenvalue weighted by atomic mass is 31.2. The molecule has 17 nitrogen and oxygen atoms in total. The zero-order valence-electron chi connectivity index (χ0n) is 65.8. The minimum atomic E-state index is -5.01. The van der Waals surface area contributed by atoms with Gasteiger partial charge in [0.05, 0.1) is 26.4 Å². The van der Waals surface area contributed by atoms with Crippen LogP contribution in [0.15, 0.2) is 170 Å². The largest absolute Gasteiger partial charge is 0.472 e. The first-order valence-electron chi connectivity index (χ1n) is 40.4. The van der Waals surface area contributed by atoms with Crippen molar-refractivity contribution in [2.75, 3.05) is 39.6 Å². The Bertz CT molecular complexity index is 2680. The summed E-state index contributed by atoms with van der Waals surface area (Å²) in [6.45, 7) is 4.44. The van der Waals surface area contributed by atoms with Crippen molar-refractivity contribution in [1.29, 1.82) is 0 Å². The van der Waals surface area contributed by atoms with Gasteiger partial charge in [-0.3, -0.25) is 37.3 Å². The molecule has 0 aromatic carbocycles. The minimum absolute atomic E-state index is 0.00721. The highest BCUT2D eigenvalue weighted by Gasteiger charge is 2.30. The molecule has 0 fully saturated rings. The summed E-state index contributed by atoms with van der Waals surface area (Å²) in [6, 6.07) is 0. The molecule has 0 radical (unpaired) electrons. The first-order valence-corrected chi connectivity index (χ1v) is 43.4. The highest BCUT2D eigenvalue weighted by molar-refractivity contribution is 7.47. The van der Waals surface area contributed by atoms with Crippen LogP contribution in [0.5, 0.6) is 0 Å². The van der Waals surface area contributed by atoms with Crippen LogP contribution in [0.3, 0.4) is 0 Å². The molecule has 0 aliphatic heterocycles. The summed E-state index contributed by atoms with van der Waals surface area (Å²) in [5.41, 5.74) is 0. The number of allylic oxidation sites excluding steroid dienone is 28. The van der Waals surface area contributed by atoms with E-state index < -0.39 is 97.5 Å². The Morgan fingerprint density at radius 1 is 0.274 bits per heavy atom. The van der Waals surface area contributed by atoms with Crippen molar-refractivity contribution in [3.05, 3.63) is 170 Å². The second kappa shape index (κ2) is 77.6. The molecule has 0 aromatic rings. The van der Waals surface area contributed by atoms with E-state index in [1.165, 1.54) is 32.1 Å². The number of aliphatic hydroxyl groups is 1. The average molecular weight is 1520 g/mol. The third-order valence-electron chi connectivity index (χ3n) is 16.1. The molecule has 0 amide bonds. The summed E-state index contributed by atoms with van der Waals surface area (Å²) < 4.78 is 68.5. The molecule has 106 heavy (non-hydrogen) atoms. The van der Waals surface area contributed by atoms with E-state index in [4.69, 9.17) is 37.0 Å². The lowest BCUT2D eigenvalue weighted by Gasteiger charge is -2.21. The maximum atomic E-state index is 13.1. The molecular formula is C87H142O17P2. The van der Waals surface area contributed by atoms with Crippen molar-refractivity contribution in [2.24, 2.45) is 0 Å². The standard InChI is InChI=1S/C87H142O17P2/c1-5-9-13-17-21-25-29-32-35-38-40-43-45-48-52-55-59-63-67-71-84(89)97-77-82(103-86(91)73-69-65-61-57-51-28-24-20-16-12-8-4)79-101-105(93,94)99-75-81(88)76-100-106(95,96)102-80-83(104-87(92)74-70-66-62-58-54-50-47-42-37-34-31-27-23-19-15-11-7-3)78-98-85(90)72-68-64-60-56-53-49-46-44-41-39-36-33-30-26-22-18-14-10-6-2/h9,11,13,15,20-27,32-37,40-41,43-44,47-48,50,52,58,62,81-83,88H,5-8,10,12,14,16-19,28-31,38-39,42,45-46,49,51,53-57,59-61,63-80H2,1-4H3,(H,93,94)(H,95,96)/b13-9-,15-11-,24-20-,25-21-,26-22-,27-23-,35-32-,36-33-,37-34-,43-40-,44-41-,50-47-,52-48-,62-58-. The minimum Gasteiger partial charge on any atom is -0.462 e. The van der Waals surface area contributed by atoms with Crippen LogP contribution < -0.4 is 0 Å². The molecule has 0 rings (SSSR count). The Morgan fingerprint density at radius 2 is 0.509 bits per heavy atom. The number of unbranched alkanes of at least 4 members (excludes halogenated alkanes) is 20. The van der Waals surface area contributed by atoms with Gasteiger partial charge in [-0.2, -0.15) is 0 Å². The quantitative estimate of drug-likeness (QED) is 0.0169. The summed E-state index contributed by atoms with van der Waals surface area (Å²) in [5.74, 6) is -2.32. The van der Waals surface area contributed by atoms with Crippen molar-refractivity contribution >= 4 is 39.5 Å². The lowest BCUT2D eigenvalue weighted by molar-refractivity contribution is -0.161. The van der Waals surface area contributed by atoms with Crippen molar-refractivity contribution < 1.29 is 80.2 Å². The van der Waals surface area contributed by atoms with Crippen LogP contribution in [-0.4, -0.2) is 96.7 Å². The molecule has 5 unspecified atom stereocenters. The van der Waals surface area contributed by atoms with Crippen LogP contribution in [0.25, 0.3) is 0 Å². The maximum absolute atomic E-state index is 13.1. The van der Waals surface area contributed by atoms with Crippen LogP contribution in [0, 0.1) is 0 Å². The molecule has 0 saturated carbocycles. The molecule has 3 N–H and O–H groups in total. The monoisotopic (exact) mass is 1520 g/mol. The topological polar surface area (TPSA) is 237 Å². The van der Waals surface area contributed by atoms with Gasteiger partial charge >= 0.3 is 39.5 Å². The van der Waals surface area contributed by atoms with Crippen LogP contribution in [0.2, 0.25) is 0 Å². The summed E-state index contributed by atoms with van der Waals surface area (Å²) in [7, 11) is -10.0. The average Bonchev–Trinajstić information content (AvgIpc) is 0.901. The summed E-state index contributed by atoms with van der Waals surface area (Å²) in [6.07, 6.45) is 92.0. The molecule has 602 valence electrons. The fraction of sp³-hybridized carbons (Fsp3) is 0.632. The Labute approximate surface area is 642 Å². The number of hydrogen-bond acceptors (Lipinski definition) is 15. The molecule has 19 heteroatoms. The van der Waals surface area contributed by atoms with E-state index in [1.807, 2.05) is 12.2 Å². The summed E-state index contributed by atoms with van der Waals surface area (Å²) in [4.78, 5) is 73.0. The van der Waals surface area contributed by atoms with Crippen molar-refractivity contribution in [3.63, 3.8) is 0 Å².